The lowest BCUT2D eigenvalue weighted by atomic mass is 9.95. The minimum atomic E-state index is 0.353. The fourth-order valence-corrected chi connectivity index (χ4v) is 5.11. The fraction of sp³-hybridized carbons (Fsp3) is 0. The Morgan fingerprint density at radius 1 is 0.550 bits per heavy atom. The number of hydrogen-bond donors (Lipinski definition) is 0. The normalized spacial score (nSPS) is 11.4. The van der Waals surface area contributed by atoms with Crippen LogP contribution >= 0.6 is 0 Å². The molecule has 0 bridgehead atoms. The second-order valence-electron chi connectivity index (χ2n) is 9.18. The minimum absolute atomic E-state index is 0.353. The van der Waals surface area contributed by atoms with Gasteiger partial charge in [0.05, 0.1) is 40.0 Å². The summed E-state index contributed by atoms with van der Waals surface area (Å²) in [5.74, 6) is 0.828. The number of rotatable bonds is 2. The Morgan fingerprint density at radius 3 is 1.48 bits per heavy atom. The Labute approximate surface area is 227 Å². The number of fused-ring (bicyclic) bond motifs is 5. The second kappa shape index (κ2) is 8.92. The van der Waals surface area contributed by atoms with E-state index in [2.05, 4.69) is 27.1 Å². The number of aromatic nitrogens is 4. The molecule has 0 fully saturated rings. The number of nitriles is 3. The zero-order chi connectivity index (χ0) is 27.2. The molecule has 0 amide bonds. The highest BCUT2D eigenvalue weighted by molar-refractivity contribution is 6.26. The van der Waals surface area contributed by atoms with Crippen molar-refractivity contribution < 1.29 is 0 Å². The van der Waals surface area contributed by atoms with Crippen molar-refractivity contribution in [1.82, 2.24) is 19.9 Å². The van der Waals surface area contributed by atoms with Gasteiger partial charge in [-0.25, -0.2) is 19.9 Å². The Bertz CT molecular complexity index is 2060. The van der Waals surface area contributed by atoms with Gasteiger partial charge in [0.2, 0.25) is 6.19 Å². The van der Waals surface area contributed by atoms with Gasteiger partial charge < -0.3 is 0 Å². The smallest absolute Gasteiger partial charge is 0.206 e. The van der Waals surface area contributed by atoms with Gasteiger partial charge in [-0.05, 0) is 47.5 Å². The highest BCUT2D eigenvalue weighted by Gasteiger charge is 2.30. The van der Waals surface area contributed by atoms with Crippen molar-refractivity contribution in [1.29, 1.82) is 15.8 Å². The van der Waals surface area contributed by atoms with E-state index in [-0.39, 0.29) is 0 Å². The Kier molecular flexibility index (Phi) is 5.10. The number of hydrogen-bond acceptors (Lipinski definition) is 8. The lowest BCUT2D eigenvalue weighted by molar-refractivity contribution is 1.22. The van der Waals surface area contributed by atoms with E-state index < -0.39 is 0 Å². The number of aliphatic imine (C=N–C) groups is 1. The van der Waals surface area contributed by atoms with E-state index in [1.165, 1.54) is 0 Å². The fourth-order valence-electron chi connectivity index (χ4n) is 5.11. The molecule has 1 aliphatic rings. The third-order valence-electron chi connectivity index (χ3n) is 6.98. The minimum Gasteiger partial charge on any atom is -0.236 e. The van der Waals surface area contributed by atoms with Crippen molar-refractivity contribution in [2.24, 2.45) is 4.99 Å². The third-order valence-corrected chi connectivity index (χ3v) is 6.98. The summed E-state index contributed by atoms with van der Waals surface area (Å²) in [7, 11) is 0. The van der Waals surface area contributed by atoms with Crippen LogP contribution in [0.5, 0.6) is 0 Å². The van der Waals surface area contributed by atoms with Gasteiger partial charge in [0.1, 0.15) is 0 Å². The van der Waals surface area contributed by atoms with Crippen LogP contribution in [-0.4, -0.2) is 25.6 Å². The molecule has 0 radical (unpaired) electrons. The molecule has 0 aliphatic heterocycles. The molecule has 8 heteroatoms. The summed E-state index contributed by atoms with van der Waals surface area (Å²) < 4.78 is 0. The van der Waals surface area contributed by atoms with Crippen LogP contribution in [0.25, 0.3) is 55.7 Å². The molecule has 6 aromatic rings. The van der Waals surface area contributed by atoms with E-state index in [1.54, 1.807) is 24.5 Å². The van der Waals surface area contributed by atoms with Crippen LogP contribution in [0.4, 0.5) is 0 Å². The molecule has 0 saturated heterocycles. The van der Waals surface area contributed by atoms with Crippen LogP contribution in [0, 0.1) is 34.1 Å². The van der Waals surface area contributed by atoms with Crippen molar-refractivity contribution in [3.8, 4) is 52.2 Å². The maximum Gasteiger partial charge on any atom is 0.206 e. The lowest BCUT2D eigenvalue weighted by Gasteiger charge is -2.10. The van der Waals surface area contributed by atoms with E-state index in [4.69, 9.17) is 9.97 Å². The molecule has 8 nitrogen and oxygen atoms in total. The molecule has 4 aromatic carbocycles. The molecule has 2 aromatic heterocycles. The van der Waals surface area contributed by atoms with Gasteiger partial charge in [0.25, 0.3) is 0 Å². The summed E-state index contributed by atoms with van der Waals surface area (Å²) >= 11 is 0. The molecule has 0 spiro atoms. The Hall–Kier alpha value is -6.30. The van der Waals surface area contributed by atoms with E-state index in [0.29, 0.717) is 50.7 Å². The molecule has 40 heavy (non-hydrogen) atoms. The van der Waals surface area contributed by atoms with Gasteiger partial charge in [-0.15, -0.1) is 0 Å². The Balaban J connectivity index is 1.48. The average molecular weight is 511 g/mol. The summed E-state index contributed by atoms with van der Waals surface area (Å²) in [6.45, 7) is 0. The quantitative estimate of drug-likeness (QED) is 0.262. The average Bonchev–Trinajstić information content (AvgIpc) is 3.30. The van der Waals surface area contributed by atoms with Gasteiger partial charge in [0.15, 0.2) is 11.6 Å². The van der Waals surface area contributed by atoms with Gasteiger partial charge >= 0.3 is 0 Å². The molecule has 0 unspecified atom stereocenters. The van der Waals surface area contributed by atoms with Crippen molar-refractivity contribution >= 4 is 27.5 Å². The van der Waals surface area contributed by atoms with Crippen molar-refractivity contribution in [3.05, 3.63) is 107 Å². The molecular formula is C32H14N8. The SMILES string of the molecule is N#CN=C1c2cc(C#N)c(-c3ncc4ccccc4n3)cc2-c2cc(-c3ncc4ccccc4n3)c(C#N)cc21. The topological polar surface area (TPSA) is 135 Å². The largest absolute Gasteiger partial charge is 0.236 e. The van der Waals surface area contributed by atoms with Crippen LogP contribution in [0.15, 0.2) is 90.2 Å². The molecule has 182 valence electrons. The first kappa shape index (κ1) is 22.9. The second-order valence-corrected chi connectivity index (χ2v) is 9.18. The van der Waals surface area contributed by atoms with Crippen LogP contribution in [0.3, 0.4) is 0 Å². The first-order valence-corrected chi connectivity index (χ1v) is 12.3. The maximum atomic E-state index is 10.0. The molecule has 0 N–H and O–H groups in total. The molecule has 0 saturated carbocycles. The summed E-state index contributed by atoms with van der Waals surface area (Å²) in [5, 5.41) is 31.4. The number of para-hydroxylation sites is 2. The Morgan fingerprint density at radius 2 is 1.02 bits per heavy atom. The summed E-state index contributed by atoms with van der Waals surface area (Å²) in [4.78, 5) is 22.6. The van der Waals surface area contributed by atoms with Crippen LogP contribution in [0.2, 0.25) is 0 Å². The summed E-state index contributed by atoms with van der Waals surface area (Å²) in [5.41, 5.74) is 6.50. The molecule has 0 atom stereocenters. The summed E-state index contributed by atoms with van der Waals surface area (Å²) in [6, 6.07) is 26.9. The van der Waals surface area contributed by atoms with Crippen LogP contribution in [0.1, 0.15) is 22.3 Å². The predicted octanol–water partition coefficient (Wildman–Crippen LogP) is 5.95. The third kappa shape index (κ3) is 3.48. The van der Waals surface area contributed by atoms with Crippen LogP contribution in [-0.2, 0) is 0 Å². The summed E-state index contributed by atoms with van der Waals surface area (Å²) in [6.07, 6.45) is 5.34. The van der Waals surface area contributed by atoms with Crippen molar-refractivity contribution in [2.45, 2.75) is 0 Å². The van der Waals surface area contributed by atoms with Gasteiger partial charge in [0, 0.05) is 45.4 Å². The van der Waals surface area contributed by atoms with E-state index >= 15 is 0 Å². The number of nitrogens with zero attached hydrogens (tertiary/aromatic N) is 8. The van der Waals surface area contributed by atoms with E-state index in [9.17, 15) is 15.8 Å². The van der Waals surface area contributed by atoms with Gasteiger partial charge in [-0.1, -0.05) is 36.4 Å². The van der Waals surface area contributed by atoms with E-state index in [1.807, 2.05) is 66.9 Å². The van der Waals surface area contributed by atoms with Crippen molar-refractivity contribution in [2.75, 3.05) is 0 Å². The molecule has 7 rings (SSSR count). The van der Waals surface area contributed by atoms with E-state index in [0.717, 1.165) is 32.9 Å². The molecular weight excluding hydrogens is 496 g/mol. The van der Waals surface area contributed by atoms with Crippen molar-refractivity contribution in [3.63, 3.8) is 0 Å². The monoisotopic (exact) mass is 510 g/mol. The number of benzene rings is 4. The van der Waals surface area contributed by atoms with Gasteiger partial charge in [-0.3, -0.25) is 0 Å². The first-order valence-electron chi connectivity index (χ1n) is 12.3. The highest BCUT2D eigenvalue weighted by Crippen LogP contribution is 2.43. The van der Waals surface area contributed by atoms with Gasteiger partial charge in [-0.2, -0.15) is 20.8 Å². The standard InChI is InChI=1S/C32H14N8/c33-13-20-9-26-24(11-22(20)31-36-15-18-5-1-3-7-28(18)39-31)25-12-23(21(14-34)10-27(25)30(26)38-17-35)32-37-16-19-6-2-4-8-29(19)40-32/h1-12,15-16H. The van der Waals surface area contributed by atoms with Crippen LogP contribution < -0.4 is 0 Å². The first-order chi connectivity index (χ1) is 19.7. The zero-order valence-electron chi connectivity index (χ0n) is 20.7. The maximum absolute atomic E-state index is 10.0. The predicted molar refractivity (Wildman–Crippen MR) is 150 cm³/mol. The molecule has 2 heterocycles. The highest BCUT2D eigenvalue weighted by atomic mass is 14.9. The lowest BCUT2D eigenvalue weighted by Crippen LogP contribution is -2.01. The molecule has 1 aliphatic carbocycles. The zero-order valence-corrected chi connectivity index (χ0v) is 20.7.